The fourth-order valence-corrected chi connectivity index (χ4v) is 2.22. The van der Waals surface area contributed by atoms with Crippen molar-refractivity contribution < 1.29 is 40.7 Å². The average molecular weight is 435 g/mol. The van der Waals surface area contributed by atoms with Gasteiger partial charge in [0.15, 0.2) is 6.10 Å². The van der Waals surface area contributed by atoms with E-state index < -0.39 is 47.2 Å². The molecule has 0 unspecified atom stereocenters. The molecule has 2 aromatic rings. The van der Waals surface area contributed by atoms with E-state index in [1.54, 1.807) is 0 Å². The number of alkyl halides is 6. The van der Waals surface area contributed by atoms with Crippen LogP contribution in [0.5, 0.6) is 5.75 Å². The molecule has 30 heavy (non-hydrogen) atoms. The molecule has 0 bridgehead atoms. The van der Waals surface area contributed by atoms with Crippen molar-refractivity contribution in [1.82, 2.24) is 10.9 Å². The van der Waals surface area contributed by atoms with Gasteiger partial charge in [-0.2, -0.15) is 26.3 Å². The van der Waals surface area contributed by atoms with Crippen LogP contribution >= 0.6 is 0 Å². The Labute approximate surface area is 166 Å². The van der Waals surface area contributed by atoms with E-state index in [1.165, 1.54) is 19.1 Å². The van der Waals surface area contributed by atoms with Crippen molar-refractivity contribution in [1.29, 1.82) is 0 Å². The monoisotopic (exact) mass is 435 g/mol. The lowest BCUT2D eigenvalue weighted by atomic mass is 10.1. The molecule has 0 saturated heterocycles. The third kappa shape index (κ3) is 6.29. The molecule has 12 heteroatoms. The summed E-state index contributed by atoms with van der Waals surface area (Å²) in [6.45, 7) is 1.20. The molecule has 0 aliphatic heterocycles. The third-order valence-corrected chi connectivity index (χ3v) is 3.62. The standard InChI is InChI=1S/C18H15F6N3O3/c1-10(30-12-6-4-5-11(9-12)17(19,20)21)15(28)26-27-16(29)25-14-8-3-2-7-13(14)18(22,23)24/h2-10H,1H3,(H,26,28)(H2,25,27,29)/t10-/m0/s1. The number of amides is 3. The summed E-state index contributed by atoms with van der Waals surface area (Å²) in [5.74, 6) is -1.19. The molecule has 0 radical (unpaired) electrons. The van der Waals surface area contributed by atoms with Crippen molar-refractivity contribution in [2.24, 2.45) is 0 Å². The topological polar surface area (TPSA) is 79.5 Å². The van der Waals surface area contributed by atoms with E-state index in [0.29, 0.717) is 6.07 Å². The maximum Gasteiger partial charge on any atom is 0.418 e. The summed E-state index contributed by atoms with van der Waals surface area (Å²) in [5, 5.41) is 1.93. The Hall–Kier alpha value is -3.44. The van der Waals surface area contributed by atoms with E-state index in [0.717, 1.165) is 30.3 Å². The Bertz CT molecular complexity index is 915. The average Bonchev–Trinajstić information content (AvgIpc) is 2.65. The Morgan fingerprint density at radius 2 is 1.57 bits per heavy atom. The number of para-hydroxylation sites is 1. The highest BCUT2D eigenvalue weighted by molar-refractivity contribution is 5.92. The van der Waals surface area contributed by atoms with Crippen LogP contribution in [-0.2, 0) is 17.1 Å². The molecule has 1 atom stereocenters. The first-order valence-corrected chi connectivity index (χ1v) is 8.25. The Morgan fingerprint density at radius 1 is 0.900 bits per heavy atom. The highest BCUT2D eigenvalue weighted by Crippen LogP contribution is 2.34. The maximum atomic E-state index is 12.9. The van der Waals surface area contributed by atoms with Gasteiger partial charge >= 0.3 is 18.4 Å². The Morgan fingerprint density at radius 3 is 2.20 bits per heavy atom. The van der Waals surface area contributed by atoms with Gasteiger partial charge in [-0.15, -0.1) is 0 Å². The molecular weight excluding hydrogens is 420 g/mol. The SMILES string of the molecule is C[C@H](Oc1cccc(C(F)(F)F)c1)C(=O)NNC(=O)Nc1ccccc1C(F)(F)F. The summed E-state index contributed by atoms with van der Waals surface area (Å²) >= 11 is 0. The Kier molecular flexibility index (Phi) is 6.80. The molecule has 0 heterocycles. The molecule has 0 saturated carbocycles. The van der Waals surface area contributed by atoms with Gasteiger partial charge in [-0.25, -0.2) is 10.2 Å². The van der Waals surface area contributed by atoms with Crippen LogP contribution in [0.3, 0.4) is 0 Å². The van der Waals surface area contributed by atoms with Crippen molar-refractivity contribution >= 4 is 17.6 Å². The van der Waals surface area contributed by atoms with Gasteiger partial charge in [0.05, 0.1) is 16.8 Å². The number of hydrogen-bond acceptors (Lipinski definition) is 3. The summed E-state index contributed by atoms with van der Waals surface area (Å²) in [6.07, 6.45) is -10.6. The van der Waals surface area contributed by atoms with E-state index >= 15 is 0 Å². The van der Waals surface area contributed by atoms with Crippen LogP contribution in [0.25, 0.3) is 0 Å². The highest BCUT2D eigenvalue weighted by Gasteiger charge is 2.33. The normalized spacial score (nSPS) is 12.6. The second-order valence-electron chi connectivity index (χ2n) is 5.90. The van der Waals surface area contributed by atoms with E-state index in [-0.39, 0.29) is 5.75 Å². The molecule has 3 N–H and O–H groups in total. The second-order valence-corrected chi connectivity index (χ2v) is 5.90. The summed E-state index contributed by atoms with van der Waals surface area (Å²) in [7, 11) is 0. The minimum atomic E-state index is -4.71. The van der Waals surface area contributed by atoms with Crippen LogP contribution in [0, 0.1) is 0 Å². The van der Waals surface area contributed by atoms with Gasteiger partial charge in [0.2, 0.25) is 0 Å². The maximum absolute atomic E-state index is 12.9. The minimum Gasteiger partial charge on any atom is -0.481 e. The number of urea groups is 1. The predicted octanol–water partition coefficient (Wildman–Crippen LogP) is 4.34. The van der Waals surface area contributed by atoms with Crippen LogP contribution in [0.2, 0.25) is 0 Å². The fraction of sp³-hybridized carbons (Fsp3) is 0.222. The smallest absolute Gasteiger partial charge is 0.418 e. The van der Waals surface area contributed by atoms with Crippen molar-refractivity contribution in [3.8, 4) is 5.75 Å². The zero-order valence-corrected chi connectivity index (χ0v) is 15.2. The lowest BCUT2D eigenvalue weighted by molar-refractivity contribution is -0.138. The second kappa shape index (κ2) is 8.93. The molecule has 2 rings (SSSR count). The zero-order chi connectivity index (χ0) is 22.5. The van der Waals surface area contributed by atoms with Gasteiger partial charge in [0, 0.05) is 0 Å². The predicted molar refractivity (Wildman–Crippen MR) is 93.3 cm³/mol. The molecular formula is C18H15F6N3O3. The third-order valence-electron chi connectivity index (χ3n) is 3.62. The van der Waals surface area contributed by atoms with E-state index in [1.807, 2.05) is 16.2 Å². The number of hydrogen-bond donors (Lipinski definition) is 3. The lowest BCUT2D eigenvalue weighted by Gasteiger charge is -2.17. The number of benzene rings is 2. The number of rotatable bonds is 4. The van der Waals surface area contributed by atoms with Gasteiger partial charge < -0.3 is 10.1 Å². The molecule has 0 fully saturated rings. The van der Waals surface area contributed by atoms with Crippen molar-refractivity contribution in [2.45, 2.75) is 25.4 Å². The van der Waals surface area contributed by atoms with Crippen LogP contribution in [0.4, 0.5) is 36.8 Å². The van der Waals surface area contributed by atoms with Crippen molar-refractivity contribution in [3.05, 3.63) is 59.7 Å². The number of carbonyl (C=O) groups is 2. The van der Waals surface area contributed by atoms with E-state index in [2.05, 4.69) is 0 Å². The lowest BCUT2D eigenvalue weighted by Crippen LogP contribution is -2.48. The molecule has 0 aliphatic carbocycles. The first-order valence-electron chi connectivity index (χ1n) is 8.25. The molecule has 162 valence electrons. The first-order chi connectivity index (χ1) is 13.9. The van der Waals surface area contributed by atoms with Crippen LogP contribution in [0.15, 0.2) is 48.5 Å². The summed E-state index contributed by atoms with van der Waals surface area (Å²) < 4.78 is 81.9. The molecule has 0 aromatic heterocycles. The number of halogens is 6. The number of hydrazine groups is 1. The first kappa shape index (κ1) is 22.8. The highest BCUT2D eigenvalue weighted by atomic mass is 19.4. The summed E-state index contributed by atoms with van der Waals surface area (Å²) in [6, 6.07) is 6.82. The quantitative estimate of drug-likeness (QED) is 0.494. The fourth-order valence-electron chi connectivity index (χ4n) is 2.22. The van der Waals surface area contributed by atoms with Crippen molar-refractivity contribution in [3.63, 3.8) is 0 Å². The molecule has 0 aliphatic rings. The molecule has 3 amide bonds. The summed E-state index contributed by atoms with van der Waals surface area (Å²) in [5.41, 5.74) is 1.13. The van der Waals surface area contributed by atoms with Crippen LogP contribution < -0.4 is 20.9 Å². The molecule has 6 nitrogen and oxygen atoms in total. The zero-order valence-electron chi connectivity index (χ0n) is 15.2. The van der Waals surface area contributed by atoms with Gasteiger partial charge in [0.25, 0.3) is 5.91 Å². The van der Waals surface area contributed by atoms with Crippen LogP contribution in [-0.4, -0.2) is 18.0 Å². The van der Waals surface area contributed by atoms with Gasteiger partial charge in [0.1, 0.15) is 5.75 Å². The number of nitrogens with one attached hydrogen (secondary N) is 3. The van der Waals surface area contributed by atoms with Gasteiger partial charge in [-0.1, -0.05) is 18.2 Å². The van der Waals surface area contributed by atoms with Crippen molar-refractivity contribution in [2.75, 3.05) is 5.32 Å². The Balaban J connectivity index is 1.92. The van der Waals surface area contributed by atoms with E-state index in [9.17, 15) is 35.9 Å². The minimum absolute atomic E-state index is 0.240. The number of carbonyl (C=O) groups excluding carboxylic acids is 2. The molecule has 0 spiro atoms. The van der Waals surface area contributed by atoms with Gasteiger partial charge in [-0.3, -0.25) is 10.2 Å². The number of anilines is 1. The van der Waals surface area contributed by atoms with E-state index in [4.69, 9.17) is 4.74 Å². The van der Waals surface area contributed by atoms with Gasteiger partial charge in [-0.05, 0) is 37.3 Å². The molecule has 2 aromatic carbocycles. The largest absolute Gasteiger partial charge is 0.481 e. The number of ether oxygens (including phenoxy) is 1. The summed E-state index contributed by atoms with van der Waals surface area (Å²) in [4.78, 5) is 23.7. The van der Waals surface area contributed by atoms with Crippen LogP contribution in [0.1, 0.15) is 18.1 Å².